The largest absolute Gasteiger partial charge is 0.399 e. The molecule has 0 aliphatic carbocycles. The number of hydrogen-bond donors (Lipinski definition) is 1. The van der Waals surface area contributed by atoms with Crippen molar-refractivity contribution < 1.29 is 13.2 Å². The molecule has 1 aliphatic rings. The SMILES string of the molecule is CCC(C)N1CCN(CC(C(N)=S)C(F)(F)F)CC1. The molecule has 2 atom stereocenters. The molecule has 112 valence electrons. The van der Waals surface area contributed by atoms with Gasteiger partial charge in [0.25, 0.3) is 0 Å². The average Bonchev–Trinajstić information content (AvgIpc) is 2.34. The summed E-state index contributed by atoms with van der Waals surface area (Å²) >= 11 is 4.54. The summed E-state index contributed by atoms with van der Waals surface area (Å²) in [5.41, 5.74) is 5.21. The molecule has 0 aromatic heterocycles. The van der Waals surface area contributed by atoms with Crippen molar-refractivity contribution in [1.82, 2.24) is 9.80 Å². The van der Waals surface area contributed by atoms with Gasteiger partial charge in [0.2, 0.25) is 0 Å². The molecule has 1 heterocycles. The minimum absolute atomic E-state index is 0.118. The molecule has 2 N–H and O–H groups in total. The Morgan fingerprint density at radius 3 is 2.16 bits per heavy atom. The van der Waals surface area contributed by atoms with Gasteiger partial charge in [-0.05, 0) is 13.3 Å². The number of nitrogens with zero attached hydrogens (tertiary/aromatic N) is 2. The van der Waals surface area contributed by atoms with E-state index in [0.717, 1.165) is 19.5 Å². The summed E-state index contributed by atoms with van der Waals surface area (Å²) in [6.07, 6.45) is -3.29. The van der Waals surface area contributed by atoms with E-state index < -0.39 is 17.1 Å². The normalized spacial score (nSPS) is 22.2. The first-order valence-electron chi connectivity index (χ1n) is 6.58. The van der Waals surface area contributed by atoms with Crippen molar-refractivity contribution in [1.29, 1.82) is 0 Å². The quantitative estimate of drug-likeness (QED) is 0.785. The van der Waals surface area contributed by atoms with Crippen LogP contribution in [-0.4, -0.2) is 59.7 Å². The van der Waals surface area contributed by atoms with Crippen LogP contribution in [0.5, 0.6) is 0 Å². The average molecular weight is 297 g/mol. The van der Waals surface area contributed by atoms with Gasteiger partial charge in [0.05, 0.1) is 4.99 Å². The predicted molar refractivity (Wildman–Crippen MR) is 74.1 cm³/mol. The van der Waals surface area contributed by atoms with Crippen LogP contribution in [-0.2, 0) is 0 Å². The lowest BCUT2D eigenvalue weighted by Crippen LogP contribution is -2.52. The maximum Gasteiger partial charge on any atom is 0.399 e. The number of thiocarbonyl (C=S) groups is 1. The van der Waals surface area contributed by atoms with Crippen molar-refractivity contribution in [3.8, 4) is 0 Å². The minimum atomic E-state index is -4.35. The third-order valence-corrected chi connectivity index (χ3v) is 4.08. The molecule has 1 aliphatic heterocycles. The van der Waals surface area contributed by atoms with Crippen LogP contribution < -0.4 is 5.73 Å². The highest BCUT2D eigenvalue weighted by Crippen LogP contribution is 2.27. The second kappa shape index (κ2) is 6.85. The summed E-state index contributed by atoms with van der Waals surface area (Å²) in [5, 5.41) is 0. The van der Waals surface area contributed by atoms with Gasteiger partial charge in [0.1, 0.15) is 5.92 Å². The van der Waals surface area contributed by atoms with E-state index in [1.165, 1.54) is 0 Å². The Hall–Kier alpha value is -0.400. The fraction of sp³-hybridized carbons (Fsp3) is 0.917. The summed E-state index contributed by atoms with van der Waals surface area (Å²) in [4.78, 5) is 3.65. The monoisotopic (exact) mass is 297 g/mol. The van der Waals surface area contributed by atoms with Gasteiger partial charge in [-0.2, -0.15) is 13.2 Å². The molecule has 1 saturated heterocycles. The molecule has 0 bridgehead atoms. The standard InChI is InChI=1S/C12H22F3N3S/c1-3-9(2)18-6-4-17(5-7-18)8-10(11(16)19)12(13,14)15/h9-10H,3-8H2,1-2H3,(H2,16,19). The van der Waals surface area contributed by atoms with Crippen molar-refractivity contribution in [2.24, 2.45) is 11.7 Å². The van der Waals surface area contributed by atoms with Gasteiger partial charge < -0.3 is 5.73 Å². The van der Waals surface area contributed by atoms with Gasteiger partial charge in [-0.25, -0.2) is 0 Å². The van der Waals surface area contributed by atoms with E-state index in [9.17, 15) is 13.2 Å². The third kappa shape index (κ3) is 4.89. The minimum Gasteiger partial charge on any atom is -0.393 e. The Bertz CT molecular complexity index is 301. The van der Waals surface area contributed by atoms with Crippen molar-refractivity contribution >= 4 is 17.2 Å². The zero-order valence-corrected chi connectivity index (χ0v) is 12.2. The number of alkyl halides is 3. The summed E-state index contributed by atoms with van der Waals surface area (Å²) in [6.45, 7) is 7.02. The van der Waals surface area contributed by atoms with E-state index in [1.54, 1.807) is 4.90 Å². The third-order valence-electron chi connectivity index (χ3n) is 3.80. The van der Waals surface area contributed by atoms with E-state index in [0.29, 0.717) is 19.1 Å². The number of nitrogens with two attached hydrogens (primary N) is 1. The molecular weight excluding hydrogens is 275 g/mol. The molecule has 3 nitrogen and oxygen atoms in total. The first kappa shape index (κ1) is 16.7. The van der Waals surface area contributed by atoms with Crippen molar-refractivity contribution in [3.05, 3.63) is 0 Å². The second-order valence-corrected chi connectivity index (χ2v) is 5.56. The fourth-order valence-electron chi connectivity index (χ4n) is 2.26. The zero-order valence-electron chi connectivity index (χ0n) is 11.4. The molecule has 0 aromatic carbocycles. The van der Waals surface area contributed by atoms with Crippen molar-refractivity contribution in [3.63, 3.8) is 0 Å². The van der Waals surface area contributed by atoms with Crippen LogP contribution >= 0.6 is 12.2 Å². The summed E-state index contributed by atoms with van der Waals surface area (Å²) in [7, 11) is 0. The number of piperazine rings is 1. The molecule has 0 saturated carbocycles. The van der Waals surface area contributed by atoms with Crippen molar-refractivity contribution in [2.75, 3.05) is 32.7 Å². The highest BCUT2D eigenvalue weighted by molar-refractivity contribution is 7.80. The van der Waals surface area contributed by atoms with E-state index in [1.807, 2.05) is 0 Å². The number of halogens is 3. The van der Waals surface area contributed by atoms with Gasteiger partial charge in [0, 0.05) is 38.8 Å². The van der Waals surface area contributed by atoms with Crippen LogP contribution in [0.2, 0.25) is 0 Å². The van der Waals surface area contributed by atoms with E-state index >= 15 is 0 Å². The molecule has 1 fully saturated rings. The smallest absolute Gasteiger partial charge is 0.393 e. The van der Waals surface area contributed by atoms with Crippen LogP contribution in [0.25, 0.3) is 0 Å². The lowest BCUT2D eigenvalue weighted by molar-refractivity contribution is -0.160. The zero-order chi connectivity index (χ0) is 14.6. The Balaban J connectivity index is 2.50. The van der Waals surface area contributed by atoms with E-state index in [2.05, 4.69) is 31.0 Å². The number of rotatable bonds is 5. The summed E-state index contributed by atoms with van der Waals surface area (Å²) in [5.74, 6) is -1.70. The molecule has 1 rings (SSSR count). The summed E-state index contributed by atoms with van der Waals surface area (Å²) in [6, 6.07) is 0.483. The first-order valence-corrected chi connectivity index (χ1v) is 6.99. The van der Waals surface area contributed by atoms with E-state index in [4.69, 9.17) is 5.73 Å². The van der Waals surface area contributed by atoms with Gasteiger partial charge in [-0.15, -0.1) is 0 Å². The first-order chi connectivity index (χ1) is 8.75. The van der Waals surface area contributed by atoms with Gasteiger partial charge in [-0.3, -0.25) is 9.80 Å². The molecule has 0 radical (unpaired) electrons. The van der Waals surface area contributed by atoms with E-state index in [-0.39, 0.29) is 6.54 Å². The maximum absolute atomic E-state index is 12.8. The molecule has 7 heteroatoms. The topological polar surface area (TPSA) is 32.5 Å². The van der Waals surface area contributed by atoms with Crippen LogP contribution in [0.3, 0.4) is 0 Å². The lowest BCUT2D eigenvalue weighted by atomic mass is 10.1. The molecule has 0 spiro atoms. The van der Waals surface area contributed by atoms with Crippen molar-refractivity contribution in [2.45, 2.75) is 32.5 Å². The second-order valence-electron chi connectivity index (χ2n) is 5.09. The van der Waals surface area contributed by atoms with Gasteiger partial charge >= 0.3 is 6.18 Å². The highest BCUT2D eigenvalue weighted by Gasteiger charge is 2.42. The Labute approximate surface area is 117 Å². The molecular formula is C12H22F3N3S. The molecule has 19 heavy (non-hydrogen) atoms. The van der Waals surface area contributed by atoms with Crippen LogP contribution in [0, 0.1) is 5.92 Å². The Kier molecular flexibility index (Phi) is 6.01. The number of hydrogen-bond acceptors (Lipinski definition) is 3. The van der Waals surface area contributed by atoms with Crippen LogP contribution in [0.4, 0.5) is 13.2 Å². The van der Waals surface area contributed by atoms with Crippen LogP contribution in [0.1, 0.15) is 20.3 Å². The molecule has 0 aromatic rings. The van der Waals surface area contributed by atoms with Gasteiger partial charge in [-0.1, -0.05) is 19.1 Å². The maximum atomic E-state index is 12.8. The summed E-state index contributed by atoms with van der Waals surface area (Å²) < 4.78 is 38.3. The predicted octanol–water partition coefficient (Wildman–Crippen LogP) is 1.87. The van der Waals surface area contributed by atoms with Crippen LogP contribution in [0.15, 0.2) is 0 Å². The Morgan fingerprint density at radius 2 is 1.79 bits per heavy atom. The lowest BCUT2D eigenvalue weighted by Gasteiger charge is -2.39. The molecule has 2 unspecified atom stereocenters. The fourth-order valence-corrected chi connectivity index (χ4v) is 2.47. The molecule has 0 amide bonds. The van der Waals surface area contributed by atoms with Gasteiger partial charge in [0.15, 0.2) is 0 Å². The highest BCUT2D eigenvalue weighted by atomic mass is 32.1. The Morgan fingerprint density at radius 1 is 1.26 bits per heavy atom.